The molecule has 3 aliphatic heterocycles. The lowest BCUT2D eigenvalue weighted by molar-refractivity contribution is 0.0473. The summed E-state index contributed by atoms with van der Waals surface area (Å²) in [4.78, 5) is 5.21. The van der Waals surface area contributed by atoms with Crippen LogP contribution in [0, 0.1) is 0 Å². The van der Waals surface area contributed by atoms with Crippen molar-refractivity contribution in [1.29, 1.82) is 0 Å². The largest absolute Gasteiger partial charge is 0.338 e. The molecule has 0 amide bonds. The van der Waals surface area contributed by atoms with Gasteiger partial charge in [-0.05, 0) is 38.8 Å². The van der Waals surface area contributed by atoms with Gasteiger partial charge in [0.1, 0.15) is 5.82 Å². The molecule has 0 aliphatic carbocycles. The molecule has 3 aliphatic rings. The maximum absolute atomic E-state index is 2.61. The first kappa shape index (κ1) is 10.2. The van der Waals surface area contributed by atoms with Gasteiger partial charge in [-0.2, -0.15) is 0 Å². The Morgan fingerprint density at radius 1 is 1.31 bits per heavy atom. The van der Waals surface area contributed by atoms with E-state index in [4.69, 9.17) is 0 Å². The van der Waals surface area contributed by atoms with Gasteiger partial charge >= 0.3 is 0 Å². The molecule has 0 N–H and O–H groups in total. The lowest BCUT2D eigenvalue weighted by Gasteiger charge is -2.59. The summed E-state index contributed by atoms with van der Waals surface area (Å²) in [5, 5.41) is 0. The van der Waals surface area contributed by atoms with E-state index in [1.54, 1.807) is 0 Å². The second-order valence-corrected chi connectivity index (χ2v) is 5.51. The van der Waals surface area contributed by atoms with Gasteiger partial charge in [0.15, 0.2) is 0 Å². The van der Waals surface area contributed by atoms with Crippen LogP contribution in [0.3, 0.4) is 0 Å². The Bertz CT molecular complexity index is 388. The molecule has 3 heteroatoms. The standard InChI is InChI=1S/C13H21N3/c1-11-15-9-6-13(2,7-10-15)16(11)12-5-4-8-14(12)3/h4-5,8,11H,6-7,9-10H2,1-3H3. The highest BCUT2D eigenvalue weighted by Crippen LogP contribution is 2.40. The van der Waals surface area contributed by atoms with E-state index in [9.17, 15) is 0 Å². The third-order valence-electron chi connectivity index (χ3n) is 4.52. The molecular formula is C13H21N3. The monoisotopic (exact) mass is 219 g/mol. The zero-order valence-electron chi connectivity index (χ0n) is 10.5. The molecule has 0 radical (unpaired) electrons. The number of aryl methyl sites for hydroxylation is 1. The fraction of sp³-hybridized carbons (Fsp3) is 0.692. The van der Waals surface area contributed by atoms with Crippen molar-refractivity contribution in [3.05, 3.63) is 18.3 Å². The van der Waals surface area contributed by atoms with E-state index in [-0.39, 0.29) is 0 Å². The molecule has 3 saturated heterocycles. The molecule has 0 aromatic carbocycles. The van der Waals surface area contributed by atoms with Gasteiger partial charge in [0.2, 0.25) is 0 Å². The molecule has 1 aromatic rings. The summed E-state index contributed by atoms with van der Waals surface area (Å²) in [6, 6.07) is 4.38. The van der Waals surface area contributed by atoms with E-state index in [1.807, 2.05) is 0 Å². The molecule has 88 valence electrons. The minimum Gasteiger partial charge on any atom is -0.338 e. The highest BCUT2D eigenvalue weighted by atomic mass is 15.5. The second kappa shape index (κ2) is 3.27. The quantitative estimate of drug-likeness (QED) is 0.716. The fourth-order valence-electron chi connectivity index (χ4n) is 3.41. The molecule has 1 unspecified atom stereocenters. The highest BCUT2D eigenvalue weighted by molar-refractivity contribution is 5.46. The van der Waals surface area contributed by atoms with Crippen LogP contribution in [0.5, 0.6) is 0 Å². The molecule has 16 heavy (non-hydrogen) atoms. The highest BCUT2D eigenvalue weighted by Gasteiger charge is 2.46. The summed E-state index contributed by atoms with van der Waals surface area (Å²) in [6.07, 6.45) is 5.27. The predicted octanol–water partition coefficient (Wildman–Crippen LogP) is 2.05. The number of fused-ring (bicyclic) bond motifs is 3. The van der Waals surface area contributed by atoms with Crippen LogP contribution in [0.2, 0.25) is 0 Å². The Morgan fingerprint density at radius 3 is 2.50 bits per heavy atom. The number of piperidine rings is 1. The van der Waals surface area contributed by atoms with Crippen LogP contribution in [0.15, 0.2) is 18.3 Å². The summed E-state index contributed by atoms with van der Waals surface area (Å²) in [6.45, 7) is 7.29. The zero-order valence-corrected chi connectivity index (χ0v) is 10.5. The van der Waals surface area contributed by atoms with Crippen molar-refractivity contribution in [2.75, 3.05) is 18.0 Å². The van der Waals surface area contributed by atoms with Crippen molar-refractivity contribution in [2.45, 2.75) is 38.4 Å². The zero-order chi connectivity index (χ0) is 11.3. The van der Waals surface area contributed by atoms with Gasteiger partial charge in [0.25, 0.3) is 0 Å². The Kier molecular flexibility index (Phi) is 2.08. The summed E-state index contributed by atoms with van der Waals surface area (Å²) < 4.78 is 2.24. The van der Waals surface area contributed by atoms with Crippen LogP contribution < -0.4 is 4.90 Å². The Labute approximate surface area is 97.6 Å². The van der Waals surface area contributed by atoms with Gasteiger partial charge in [-0.15, -0.1) is 0 Å². The SMILES string of the molecule is CC1N2CCC(C)(CC2)N1c1cccn1C. The molecule has 2 bridgehead atoms. The maximum atomic E-state index is 2.61. The van der Waals surface area contributed by atoms with Crippen molar-refractivity contribution in [1.82, 2.24) is 9.47 Å². The second-order valence-electron chi connectivity index (χ2n) is 5.51. The molecule has 4 heterocycles. The van der Waals surface area contributed by atoms with Crippen molar-refractivity contribution >= 4 is 5.82 Å². The third kappa shape index (κ3) is 1.24. The van der Waals surface area contributed by atoms with Crippen LogP contribution in [0.4, 0.5) is 5.82 Å². The number of hydrogen-bond acceptors (Lipinski definition) is 2. The lowest BCUT2D eigenvalue weighted by Crippen LogP contribution is -2.68. The molecule has 4 rings (SSSR count). The van der Waals surface area contributed by atoms with Crippen LogP contribution >= 0.6 is 0 Å². The Balaban J connectivity index is 2.03. The van der Waals surface area contributed by atoms with Crippen LogP contribution in [0.25, 0.3) is 0 Å². The number of anilines is 1. The van der Waals surface area contributed by atoms with Crippen molar-refractivity contribution in [3.63, 3.8) is 0 Å². The number of rotatable bonds is 1. The van der Waals surface area contributed by atoms with Crippen LogP contribution in [-0.2, 0) is 7.05 Å². The van der Waals surface area contributed by atoms with Gasteiger partial charge in [-0.1, -0.05) is 0 Å². The smallest absolute Gasteiger partial charge is 0.109 e. The van der Waals surface area contributed by atoms with E-state index < -0.39 is 0 Å². The van der Waals surface area contributed by atoms with Crippen molar-refractivity contribution in [3.8, 4) is 0 Å². The van der Waals surface area contributed by atoms with E-state index >= 15 is 0 Å². The minimum absolute atomic E-state index is 0.361. The first-order chi connectivity index (χ1) is 7.62. The molecule has 1 aromatic heterocycles. The van der Waals surface area contributed by atoms with E-state index in [2.05, 4.69) is 53.6 Å². The van der Waals surface area contributed by atoms with E-state index in [0.717, 1.165) is 0 Å². The molecular weight excluding hydrogens is 198 g/mol. The van der Waals surface area contributed by atoms with Gasteiger partial charge in [0, 0.05) is 31.9 Å². The third-order valence-corrected chi connectivity index (χ3v) is 4.52. The fourth-order valence-corrected chi connectivity index (χ4v) is 3.41. The van der Waals surface area contributed by atoms with Crippen molar-refractivity contribution in [2.24, 2.45) is 7.05 Å². The summed E-state index contributed by atoms with van der Waals surface area (Å²) in [7, 11) is 2.14. The van der Waals surface area contributed by atoms with E-state index in [0.29, 0.717) is 11.7 Å². The molecule has 0 spiro atoms. The first-order valence-corrected chi connectivity index (χ1v) is 6.26. The van der Waals surface area contributed by atoms with Gasteiger partial charge in [-0.25, -0.2) is 0 Å². The van der Waals surface area contributed by atoms with Gasteiger partial charge < -0.3 is 9.47 Å². The van der Waals surface area contributed by atoms with E-state index in [1.165, 1.54) is 31.7 Å². The number of nitrogens with zero attached hydrogens (tertiary/aromatic N) is 3. The average molecular weight is 219 g/mol. The summed E-state index contributed by atoms with van der Waals surface area (Å²) >= 11 is 0. The normalized spacial score (nSPS) is 38.1. The number of aromatic nitrogens is 1. The topological polar surface area (TPSA) is 11.4 Å². The predicted molar refractivity (Wildman–Crippen MR) is 66.6 cm³/mol. The summed E-state index contributed by atoms with van der Waals surface area (Å²) in [5.74, 6) is 1.36. The van der Waals surface area contributed by atoms with Crippen LogP contribution in [-0.4, -0.2) is 34.3 Å². The van der Waals surface area contributed by atoms with Gasteiger partial charge in [0.05, 0.1) is 6.17 Å². The first-order valence-electron chi connectivity index (χ1n) is 6.26. The maximum Gasteiger partial charge on any atom is 0.109 e. The lowest BCUT2D eigenvalue weighted by atomic mass is 9.83. The molecule has 0 saturated carbocycles. The summed E-state index contributed by atoms with van der Waals surface area (Å²) in [5.41, 5.74) is 0.361. The average Bonchev–Trinajstić information content (AvgIpc) is 2.65. The molecule has 1 atom stereocenters. The number of hydrogen-bond donors (Lipinski definition) is 0. The molecule has 3 fully saturated rings. The Hall–Kier alpha value is -0.960. The van der Waals surface area contributed by atoms with Crippen molar-refractivity contribution < 1.29 is 0 Å². The molecule has 3 nitrogen and oxygen atoms in total. The van der Waals surface area contributed by atoms with Gasteiger partial charge in [-0.3, -0.25) is 4.90 Å². The van der Waals surface area contributed by atoms with Crippen LogP contribution in [0.1, 0.15) is 26.7 Å². The minimum atomic E-state index is 0.361. The Morgan fingerprint density at radius 2 is 2.00 bits per heavy atom.